The molecule has 0 fully saturated rings. The van der Waals surface area contributed by atoms with Crippen LogP contribution in [0.4, 0.5) is 5.69 Å². The summed E-state index contributed by atoms with van der Waals surface area (Å²) in [7, 11) is 4.77. The predicted molar refractivity (Wildman–Crippen MR) is 103 cm³/mol. The largest absolute Gasteiger partial charge is 0.493 e. The van der Waals surface area contributed by atoms with Crippen molar-refractivity contribution >= 4 is 11.6 Å². The van der Waals surface area contributed by atoms with Crippen molar-refractivity contribution in [1.29, 1.82) is 0 Å². The molecule has 142 valence electrons. The maximum atomic E-state index is 5.39. The molecule has 2 N–H and O–H groups in total. The Morgan fingerprint density at radius 2 is 1.85 bits per heavy atom. The van der Waals surface area contributed by atoms with Crippen LogP contribution in [0.15, 0.2) is 39.9 Å². The molecule has 0 aliphatic rings. The van der Waals surface area contributed by atoms with E-state index in [4.69, 9.17) is 18.6 Å². The van der Waals surface area contributed by atoms with Gasteiger partial charge in [-0.3, -0.25) is 4.99 Å². The molecule has 1 aromatic heterocycles. The monoisotopic (exact) mass is 361 g/mol. The Kier molecular flexibility index (Phi) is 7.67. The van der Waals surface area contributed by atoms with Crippen LogP contribution in [0.3, 0.4) is 0 Å². The van der Waals surface area contributed by atoms with Gasteiger partial charge in [-0.1, -0.05) is 6.92 Å². The number of nitrogens with one attached hydrogen (secondary N) is 2. The molecule has 1 aromatic carbocycles. The fourth-order valence-electron chi connectivity index (χ4n) is 2.41. The highest BCUT2D eigenvalue weighted by Gasteiger charge is 2.14. The molecule has 0 spiro atoms. The van der Waals surface area contributed by atoms with Crippen molar-refractivity contribution < 1.29 is 18.6 Å². The SMILES string of the molecule is CCCN=C(NCCc1ccco1)Nc1cc(OC)c(OC)c(OC)c1. The van der Waals surface area contributed by atoms with Crippen molar-refractivity contribution in [2.45, 2.75) is 19.8 Å². The van der Waals surface area contributed by atoms with Crippen LogP contribution in [-0.2, 0) is 6.42 Å². The summed E-state index contributed by atoms with van der Waals surface area (Å²) in [4.78, 5) is 4.56. The van der Waals surface area contributed by atoms with E-state index in [2.05, 4.69) is 22.5 Å². The fourth-order valence-corrected chi connectivity index (χ4v) is 2.41. The van der Waals surface area contributed by atoms with Crippen LogP contribution in [0, 0.1) is 0 Å². The molecular weight excluding hydrogens is 334 g/mol. The minimum absolute atomic E-state index is 0.554. The molecule has 1 heterocycles. The van der Waals surface area contributed by atoms with E-state index >= 15 is 0 Å². The highest BCUT2D eigenvalue weighted by molar-refractivity contribution is 5.94. The number of ether oxygens (including phenoxy) is 3. The number of nitrogens with zero attached hydrogens (tertiary/aromatic N) is 1. The summed E-state index contributed by atoms with van der Waals surface area (Å²) in [5, 5.41) is 6.60. The van der Waals surface area contributed by atoms with Gasteiger partial charge in [0.1, 0.15) is 5.76 Å². The van der Waals surface area contributed by atoms with Crippen LogP contribution in [-0.4, -0.2) is 40.4 Å². The molecule has 0 saturated carbocycles. The average Bonchev–Trinajstić information content (AvgIpc) is 3.18. The first-order chi connectivity index (χ1) is 12.7. The number of methoxy groups -OCH3 is 3. The molecule has 2 rings (SSSR count). The predicted octanol–water partition coefficient (Wildman–Crippen LogP) is 3.32. The standard InChI is InChI=1S/C19H27N3O4/c1-5-9-20-19(21-10-8-15-7-6-11-26-15)22-14-12-16(23-2)18(25-4)17(13-14)24-3/h6-7,11-13H,5,8-10H2,1-4H3,(H2,20,21,22). The number of hydrogen-bond donors (Lipinski definition) is 2. The van der Waals surface area contributed by atoms with E-state index in [0.29, 0.717) is 29.8 Å². The first-order valence-electron chi connectivity index (χ1n) is 8.59. The lowest BCUT2D eigenvalue weighted by Gasteiger charge is -2.16. The topological polar surface area (TPSA) is 77.3 Å². The highest BCUT2D eigenvalue weighted by atomic mass is 16.5. The average molecular weight is 361 g/mol. The third kappa shape index (κ3) is 5.34. The van der Waals surface area contributed by atoms with Crippen molar-refractivity contribution in [3.8, 4) is 17.2 Å². The highest BCUT2D eigenvalue weighted by Crippen LogP contribution is 2.39. The Morgan fingerprint density at radius 1 is 1.12 bits per heavy atom. The number of hydrogen-bond acceptors (Lipinski definition) is 5. The fraction of sp³-hybridized carbons (Fsp3) is 0.421. The molecule has 0 aliphatic heterocycles. The van der Waals surface area contributed by atoms with Gasteiger partial charge in [0.15, 0.2) is 17.5 Å². The molecule has 7 heteroatoms. The Labute approximate surface area is 154 Å². The minimum Gasteiger partial charge on any atom is -0.493 e. The quantitative estimate of drug-likeness (QED) is 0.527. The van der Waals surface area contributed by atoms with Crippen molar-refractivity contribution in [2.75, 3.05) is 39.7 Å². The summed E-state index contributed by atoms with van der Waals surface area (Å²) in [5.41, 5.74) is 0.792. The Balaban J connectivity index is 2.11. The minimum atomic E-state index is 0.554. The zero-order valence-electron chi connectivity index (χ0n) is 15.8. The van der Waals surface area contributed by atoms with E-state index in [1.54, 1.807) is 27.6 Å². The van der Waals surface area contributed by atoms with Gasteiger partial charge in [0.2, 0.25) is 5.75 Å². The lowest BCUT2D eigenvalue weighted by molar-refractivity contribution is 0.324. The van der Waals surface area contributed by atoms with Crippen molar-refractivity contribution in [1.82, 2.24) is 5.32 Å². The number of guanidine groups is 1. The molecule has 0 amide bonds. The zero-order valence-corrected chi connectivity index (χ0v) is 15.8. The van der Waals surface area contributed by atoms with Crippen LogP contribution in [0.25, 0.3) is 0 Å². The second kappa shape index (κ2) is 10.2. The molecular formula is C19H27N3O4. The van der Waals surface area contributed by atoms with Crippen LogP contribution in [0.5, 0.6) is 17.2 Å². The summed E-state index contributed by atoms with van der Waals surface area (Å²) in [6.07, 6.45) is 3.41. The van der Waals surface area contributed by atoms with E-state index in [-0.39, 0.29) is 0 Å². The van der Waals surface area contributed by atoms with Gasteiger partial charge >= 0.3 is 0 Å². The third-order valence-corrected chi connectivity index (χ3v) is 3.66. The normalized spacial score (nSPS) is 11.2. The Hall–Kier alpha value is -2.83. The molecule has 0 aliphatic carbocycles. The van der Waals surface area contributed by atoms with Gasteiger partial charge in [-0.15, -0.1) is 0 Å². The first kappa shape index (κ1) is 19.5. The van der Waals surface area contributed by atoms with E-state index in [1.807, 2.05) is 24.3 Å². The van der Waals surface area contributed by atoms with Crippen LogP contribution >= 0.6 is 0 Å². The van der Waals surface area contributed by atoms with Crippen molar-refractivity contribution in [2.24, 2.45) is 4.99 Å². The van der Waals surface area contributed by atoms with Gasteiger partial charge in [0, 0.05) is 37.3 Å². The van der Waals surface area contributed by atoms with E-state index < -0.39 is 0 Å². The summed E-state index contributed by atoms with van der Waals surface area (Å²) in [6.45, 7) is 3.51. The Bertz CT molecular complexity index is 674. The van der Waals surface area contributed by atoms with E-state index in [0.717, 1.165) is 30.8 Å². The van der Waals surface area contributed by atoms with Crippen LogP contribution < -0.4 is 24.8 Å². The van der Waals surface area contributed by atoms with Gasteiger partial charge in [0.25, 0.3) is 0 Å². The van der Waals surface area contributed by atoms with E-state index in [9.17, 15) is 0 Å². The molecule has 2 aromatic rings. The molecule has 0 unspecified atom stereocenters. The molecule has 0 radical (unpaired) electrons. The third-order valence-electron chi connectivity index (χ3n) is 3.66. The number of benzene rings is 1. The second-order valence-corrected chi connectivity index (χ2v) is 5.53. The Morgan fingerprint density at radius 3 is 2.38 bits per heavy atom. The molecule has 0 saturated heterocycles. The number of rotatable bonds is 9. The maximum absolute atomic E-state index is 5.39. The summed E-state index contributed by atoms with van der Waals surface area (Å²) >= 11 is 0. The second-order valence-electron chi connectivity index (χ2n) is 5.53. The molecule has 7 nitrogen and oxygen atoms in total. The summed E-state index contributed by atoms with van der Waals surface area (Å²) in [5.74, 6) is 3.34. The van der Waals surface area contributed by atoms with Gasteiger partial charge in [-0.05, 0) is 18.6 Å². The number of furan rings is 1. The van der Waals surface area contributed by atoms with Crippen molar-refractivity contribution in [3.05, 3.63) is 36.3 Å². The van der Waals surface area contributed by atoms with Gasteiger partial charge in [-0.25, -0.2) is 0 Å². The number of aliphatic imine (C=N–C) groups is 1. The van der Waals surface area contributed by atoms with E-state index in [1.165, 1.54) is 0 Å². The van der Waals surface area contributed by atoms with Crippen LogP contribution in [0.2, 0.25) is 0 Å². The zero-order chi connectivity index (χ0) is 18.8. The molecule has 0 bridgehead atoms. The summed E-state index contributed by atoms with van der Waals surface area (Å²) in [6, 6.07) is 7.53. The maximum Gasteiger partial charge on any atom is 0.203 e. The smallest absolute Gasteiger partial charge is 0.203 e. The van der Waals surface area contributed by atoms with Crippen LogP contribution in [0.1, 0.15) is 19.1 Å². The van der Waals surface area contributed by atoms with Gasteiger partial charge < -0.3 is 29.3 Å². The first-order valence-corrected chi connectivity index (χ1v) is 8.59. The van der Waals surface area contributed by atoms with Gasteiger partial charge in [0.05, 0.1) is 27.6 Å². The van der Waals surface area contributed by atoms with Crippen molar-refractivity contribution in [3.63, 3.8) is 0 Å². The molecule has 26 heavy (non-hydrogen) atoms. The number of anilines is 1. The lowest BCUT2D eigenvalue weighted by Crippen LogP contribution is -2.32. The summed E-state index contributed by atoms with van der Waals surface area (Å²) < 4.78 is 21.5. The lowest BCUT2D eigenvalue weighted by atomic mass is 10.2. The molecule has 0 atom stereocenters. The van der Waals surface area contributed by atoms with Gasteiger partial charge in [-0.2, -0.15) is 0 Å².